The third-order valence-electron chi connectivity index (χ3n) is 8.47. The monoisotopic (exact) mass is 670 g/mol. The van der Waals surface area contributed by atoms with E-state index in [2.05, 4.69) is 12.2 Å². The molecule has 0 fully saturated rings. The van der Waals surface area contributed by atoms with E-state index in [1.807, 2.05) is 25.1 Å². The molecule has 0 saturated heterocycles. The summed E-state index contributed by atoms with van der Waals surface area (Å²) in [4.78, 5) is 40.1. The van der Waals surface area contributed by atoms with Gasteiger partial charge in [-0.3, -0.25) is 4.79 Å². The molecule has 3 rings (SSSR count). The fraction of sp³-hybridized carbons (Fsp3) is 0.583. The van der Waals surface area contributed by atoms with Crippen molar-refractivity contribution in [3.63, 3.8) is 0 Å². The van der Waals surface area contributed by atoms with Crippen LogP contribution < -0.4 is 21.4 Å². The van der Waals surface area contributed by atoms with Crippen LogP contribution in [0.4, 0.5) is 5.69 Å². The molecule has 0 aliphatic carbocycles. The molecule has 3 aromatic rings. The van der Waals surface area contributed by atoms with Crippen molar-refractivity contribution in [3.05, 3.63) is 75.1 Å². The molecule has 1 heterocycles. The fourth-order valence-electron chi connectivity index (χ4n) is 5.75. The molecule has 0 aliphatic heterocycles. The molecule has 1 N–H and O–H groups in total. The standard InChI is InChI=1S/C36H54N4O6S/c1-5-7-9-10-11-12-13-14-15-19-25-47(44,45)28-29(3)34(41)37-31-22-23-33(46-4)30(26-31)27-38-35(42)39(24-8-6-2)40(36(38)43)32-20-17-16-18-21-32/h16-18,20-23,26,29H,5-15,19,24-25,27-28H2,1-4H3,(H,37,41). The number of unbranched alkanes of at least 4 members (excludes halogenated alkanes) is 10. The number of amides is 1. The number of nitrogens with zero attached hydrogens (tertiary/aromatic N) is 3. The molecule has 0 spiro atoms. The number of carbonyl (C=O) groups excluding carboxylic acids is 1. The van der Waals surface area contributed by atoms with Crippen molar-refractivity contribution in [2.75, 3.05) is 23.9 Å². The first-order valence-corrected chi connectivity index (χ1v) is 19.1. The Morgan fingerprint density at radius 3 is 2.06 bits per heavy atom. The smallest absolute Gasteiger partial charge is 0.352 e. The predicted octanol–water partition coefficient (Wildman–Crippen LogP) is 6.57. The van der Waals surface area contributed by atoms with Gasteiger partial charge in [0.25, 0.3) is 0 Å². The van der Waals surface area contributed by atoms with E-state index in [9.17, 15) is 22.8 Å². The number of para-hydroxylation sites is 1. The van der Waals surface area contributed by atoms with E-state index in [4.69, 9.17) is 4.74 Å². The maximum absolute atomic E-state index is 13.6. The number of anilines is 1. The molecule has 0 saturated carbocycles. The summed E-state index contributed by atoms with van der Waals surface area (Å²) in [6.07, 6.45) is 12.8. The van der Waals surface area contributed by atoms with Crippen molar-refractivity contribution in [2.24, 2.45) is 5.92 Å². The first kappa shape index (κ1) is 37.9. The molecule has 0 radical (unpaired) electrons. The number of aromatic nitrogens is 3. The Bertz CT molecular complexity index is 1620. The average Bonchev–Trinajstić information content (AvgIpc) is 3.28. The number of sulfone groups is 1. The van der Waals surface area contributed by atoms with E-state index in [-0.39, 0.29) is 18.1 Å². The Morgan fingerprint density at radius 2 is 1.45 bits per heavy atom. The number of nitrogens with one attached hydrogen (secondary N) is 1. The lowest BCUT2D eigenvalue weighted by Gasteiger charge is -2.15. The van der Waals surface area contributed by atoms with Crippen molar-refractivity contribution < 1.29 is 17.9 Å². The fourth-order valence-corrected chi connectivity index (χ4v) is 7.47. The SMILES string of the molecule is CCCCCCCCCCCCS(=O)(=O)CC(C)C(=O)Nc1ccc(OC)c(Cn2c(=O)n(CCCC)n(-c3ccccc3)c2=O)c1. The Hall–Kier alpha value is -3.60. The van der Waals surface area contributed by atoms with Gasteiger partial charge in [0.1, 0.15) is 5.75 Å². The molecule has 0 aliphatic rings. The van der Waals surface area contributed by atoms with Gasteiger partial charge in [-0.1, -0.05) is 103 Å². The molecular formula is C36H54N4O6S. The minimum atomic E-state index is -3.38. The van der Waals surface area contributed by atoms with Gasteiger partial charge in [-0.2, -0.15) is 4.68 Å². The van der Waals surface area contributed by atoms with Crippen LogP contribution in [0.1, 0.15) is 103 Å². The number of benzene rings is 2. The second-order valence-electron chi connectivity index (χ2n) is 12.5. The molecular weight excluding hydrogens is 616 g/mol. The Morgan fingerprint density at radius 1 is 0.830 bits per heavy atom. The molecule has 2 aromatic carbocycles. The van der Waals surface area contributed by atoms with Gasteiger partial charge in [-0.05, 0) is 43.2 Å². The van der Waals surface area contributed by atoms with Gasteiger partial charge in [-0.15, -0.1) is 0 Å². The summed E-state index contributed by atoms with van der Waals surface area (Å²) in [5.74, 6) is -0.849. The van der Waals surface area contributed by atoms with Crippen LogP contribution in [0.3, 0.4) is 0 Å². The molecule has 1 unspecified atom stereocenters. The molecule has 10 nitrogen and oxygen atoms in total. The summed E-state index contributed by atoms with van der Waals surface area (Å²) in [7, 11) is -1.89. The number of hydrogen-bond donors (Lipinski definition) is 1. The van der Waals surface area contributed by atoms with Gasteiger partial charge in [0.15, 0.2) is 9.84 Å². The second kappa shape index (κ2) is 19.3. The minimum absolute atomic E-state index is 0.0701. The Balaban J connectivity index is 1.64. The maximum atomic E-state index is 13.6. The topological polar surface area (TPSA) is 121 Å². The highest BCUT2D eigenvalue weighted by Crippen LogP contribution is 2.24. The highest BCUT2D eigenvalue weighted by molar-refractivity contribution is 7.91. The summed E-state index contributed by atoms with van der Waals surface area (Å²) >= 11 is 0. The van der Waals surface area contributed by atoms with Gasteiger partial charge in [0, 0.05) is 23.7 Å². The van der Waals surface area contributed by atoms with Gasteiger partial charge in [0.05, 0.1) is 30.8 Å². The number of carbonyl (C=O) groups is 1. The van der Waals surface area contributed by atoms with Gasteiger partial charge >= 0.3 is 11.4 Å². The van der Waals surface area contributed by atoms with Crippen LogP contribution in [-0.2, 0) is 27.7 Å². The molecule has 47 heavy (non-hydrogen) atoms. The average molecular weight is 671 g/mol. The summed E-state index contributed by atoms with van der Waals surface area (Å²) in [6.45, 7) is 6.16. The molecule has 1 amide bonds. The van der Waals surface area contributed by atoms with Gasteiger partial charge < -0.3 is 10.1 Å². The number of rotatable bonds is 22. The normalized spacial score (nSPS) is 12.3. The summed E-state index contributed by atoms with van der Waals surface area (Å²) < 4.78 is 35.1. The van der Waals surface area contributed by atoms with Crippen LogP contribution in [0.5, 0.6) is 5.75 Å². The predicted molar refractivity (Wildman–Crippen MR) is 190 cm³/mol. The van der Waals surface area contributed by atoms with E-state index in [1.54, 1.807) is 37.3 Å². The van der Waals surface area contributed by atoms with Crippen molar-refractivity contribution in [1.82, 2.24) is 13.9 Å². The minimum Gasteiger partial charge on any atom is -0.496 e. The quantitative estimate of drug-likeness (QED) is 0.121. The number of ether oxygens (including phenoxy) is 1. The summed E-state index contributed by atoms with van der Waals surface area (Å²) in [6, 6.07) is 14.0. The second-order valence-corrected chi connectivity index (χ2v) is 14.7. The highest BCUT2D eigenvalue weighted by Gasteiger charge is 2.23. The lowest BCUT2D eigenvalue weighted by molar-refractivity contribution is -0.118. The molecule has 1 aromatic heterocycles. The van der Waals surface area contributed by atoms with E-state index in [0.717, 1.165) is 36.7 Å². The van der Waals surface area contributed by atoms with Crippen LogP contribution in [0.2, 0.25) is 0 Å². The van der Waals surface area contributed by atoms with E-state index < -0.39 is 33.0 Å². The van der Waals surface area contributed by atoms with Gasteiger partial charge in [-0.25, -0.2) is 27.3 Å². The molecule has 1 atom stereocenters. The molecule has 0 bridgehead atoms. The van der Waals surface area contributed by atoms with Gasteiger partial charge in [0.2, 0.25) is 5.91 Å². The Labute approximate surface area is 280 Å². The molecule has 260 valence electrons. The van der Waals surface area contributed by atoms with Crippen LogP contribution in [0.15, 0.2) is 58.1 Å². The third-order valence-corrected chi connectivity index (χ3v) is 10.4. The lowest BCUT2D eigenvalue weighted by Crippen LogP contribution is -2.30. The maximum Gasteiger partial charge on any atom is 0.352 e. The largest absolute Gasteiger partial charge is 0.496 e. The van der Waals surface area contributed by atoms with Crippen molar-refractivity contribution in [1.29, 1.82) is 0 Å². The van der Waals surface area contributed by atoms with Crippen LogP contribution >= 0.6 is 0 Å². The van der Waals surface area contributed by atoms with Crippen LogP contribution in [0, 0.1) is 5.92 Å². The van der Waals surface area contributed by atoms with E-state index in [1.165, 1.54) is 55.0 Å². The van der Waals surface area contributed by atoms with E-state index >= 15 is 0 Å². The Kier molecular flexibility index (Phi) is 15.5. The zero-order valence-corrected chi connectivity index (χ0v) is 29.5. The first-order chi connectivity index (χ1) is 22.6. The van der Waals surface area contributed by atoms with Crippen molar-refractivity contribution >= 4 is 21.4 Å². The number of methoxy groups -OCH3 is 1. The van der Waals surface area contributed by atoms with Crippen LogP contribution in [0.25, 0.3) is 5.69 Å². The highest BCUT2D eigenvalue weighted by atomic mass is 32.2. The zero-order valence-electron chi connectivity index (χ0n) is 28.7. The molecule has 11 heteroatoms. The first-order valence-electron chi connectivity index (χ1n) is 17.3. The lowest BCUT2D eigenvalue weighted by atomic mass is 10.1. The summed E-state index contributed by atoms with van der Waals surface area (Å²) in [5.41, 5.74) is 0.625. The van der Waals surface area contributed by atoms with E-state index in [0.29, 0.717) is 35.7 Å². The van der Waals surface area contributed by atoms with Crippen molar-refractivity contribution in [2.45, 2.75) is 111 Å². The zero-order chi connectivity index (χ0) is 34.2. The number of hydrogen-bond acceptors (Lipinski definition) is 6. The third kappa shape index (κ3) is 11.6. The van der Waals surface area contributed by atoms with Crippen molar-refractivity contribution in [3.8, 4) is 11.4 Å². The summed E-state index contributed by atoms with van der Waals surface area (Å²) in [5, 5.41) is 2.82. The van der Waals surface area contributed by atoms with Crippen LogP contribution in [-0.4, -0.2) is 46.9 Å².